The van der Waals surface area contributed by atoms with Gasteiger partial charge in [-0.3, -0.25) is 0 Å². The van der Waals surface area contributed by atoms with Crippen LogP contribution in [0.25, 0.3) is 0 Å². The van der Waals surface area contributed by atoms with E-state index in [1.54, 1.807) is 0 Å². The molecule has 0 bridgehead atoms. The van der Waals surface area contributed by atoms with Gasteiger partial charge in [0.1, 0.15) is 5.60 Å². The number of aryl methyl sites for hydroxylation is 1. The zero-order valence-electron chi connectivity index (χ0n) is 7.08. The molecular weight excluding hydrogens is 172 g/mol. The van der Waals surface area contributed by atoms with Crippen LogP contribution >= 0.6 is 11.5 Å². The zero-order chi connectivity index (χ0) is 8.60. The van der Waals surface area contributed by atoms with Gasteiger partial charge in [0.15, 0.2) is 0 Å². The summed E-state index contributed by atoms with van der Waals surface area (Å²) in [6, 6.07) is 0. The van der Waals surface area contributed by atoms with Gasteiger partial charge in [-0.05, 0) is 30.8 Å². The molecule has 1 N–H and O–H groups in total. The predicted octanol–water partition coefficient (Wildman–Crippen LogP) is 1.47. The molecular formula is C8H12N2OS. The van der Waals surface area contributed by atoms with Crippen LogP contribution in [0.4, 0.5) is 0 Å². The van der Waals surface area contributed by atoms with Gasteiger partial charge in [-0.25, -0.2) is 0 Å². The summed E-state index contributed by atoms with van der Waals surface area (Å²) in [6.45, 7) is 2.11. The fraction of sp³-hybridized carbons (Fsp3) is 0.750. The molecule has 0 unspecified atom stereocenters. The van der Waals surface area contributed by atoms with Crippen molar-refractivity contribution in [2.45, 2.75) is 38.2 Å². The van der Waals surface area contributed by atoms with Crippen LogP contribution in [0.5, 0.6) is 0 Å². The van der Waals surface area contributed by atoms with Crippen LogP contribution in [0, 0.1) is 0 Å². The van der Waals surface area contributed by atoms with Crippen molar-refractivity contribution in [3.8, 4) is 0 Å². The molecule has 1 aliphatic rings. The van der Waals surface area contributed by atoms with Crippen LogP contribution in [-0.4, -0.2) is 14.7 Å². The minimum absolute atomic E-state index is 0.543. The van der Waals surface area contributed by atoms with E-state index in [0.717, 1.165) is 36.3 Å². The third-order valence-corrected chi connectivity index (χ3v) is 3.15. The summed E-state index contributed by atoms with van der Waals surface area (Å²) in [5.41, 5.74) is 0.459. The SMILES string of the molecule is CCCc1nnsc1C1(O)CC1. The summed E-state index contributed by atoms with van der Waals surface area (Å²) < 4.78 is 3.88. The number of nitrogens with zero attached hydrogens (tertiary/aromatic N) is 2. The van der Waals surface area contributed by atoms with E-state index in [2.05, 4.69) is 16.5 Å². The molecule has 1 aliphatic carbocycles. The van der Waals surface area contributed by atoms with E-state index in [4.69, 9.17) is 0 Å². The first-order valence-electron chi connectivity index (χ1n) is 4.30. The van der Waals surface area contributed by atoms with E-state index in [1.807, 2.05) is 0 Å². The lowest BCUT2D eigenvalue weighted by molar-refractivity contribution is 0.154. The second kappa shape index (κ2) is 2.78. The first-order valence-corrected chi connectivity index (χ1v) is 5.08. The number of aromatic nitrogens is 2. The van der Waals surface area contributed by atoms with Gasteiger partial charge in [0.2, 0.25) is 0 Å². The molecule has 66 valence electrons. The molecule has 4 heteroatoms. The van der Waals surface area contributed by atoms with Crippen molar-refractivity contribution in [1.29, 1.82) is 0 Å². The van der Waals surface area contributed by atoms with E-state index >= 15 is 0 Å². The van der Waals surface area contributed by atoms with E-state index in [9.17, 15) is 5.11 Å². The Kier molecular flexibility index (Phi) is 1.88. The highest BCUT2D eigenvalue weighted by molar-refractivity contribution is 7.05. The Bertz CT molecular complexity index is 280. The van der Waals surface area contributed by atoms with Crippen LogP contribution < -0.4 is 0 Å². The molecule has 0 atom stereocenters. The Morgan fingerprint density at radius 2 is 2.33 bits per heavy atom. The Morgan fingerprint density at radius 3 is 2.92 bits per heavy atom. The highest BCUT2D eigenvalue weighted by atomic mass is 32.1. The Morgan fingerprint density at radius 1 is 1.58 bits per heavy atom. The van der Waals surface area contributed by atoms with Gasteiger partial charge < -0.3 is 5.11 Å². The lowest BCUT2D eigenvalue weighted by atomic mass is 10.1. The quantitative estimate of drug-likeness (QED) is 0.773. The zero-order valence-corrected chi connectivity index (χ0v) is 7.89. The molecule has 12 heavy (non-hydrogen) atoms. The van der Waals surface area contributed by atoms with Gasteiger partial charge in [0.25, 0.3) is 0 Å². The van der Waals surface area contributed by atoms with Crippen molar-refractivity contribution >= 4 is 11.5 Å². The van der Waals surface area contributed by atoms with Crippen molar-refractivity contribution in [1.82, 2.24) is 9.59 Å². The summed E-state index contributed by atoms with van der Waals surface area (Å²) in [6.07, 6.45) is 3.77. The molecule has 0 saturated heterocycles. The van der Waals surface area contributed by atoms with Gasteiger partial charge in [0, 0.05) is 0 Å². The largest absolute Gasteiger partial charge is 0.384 e. The fourth-order valence-corrected chi connectivity index (χ4v) is 2.15. The first-order chi connectivity index (χ1) is 5.76. The van der Waals surface area contributed by atoms with Gasteiger partial charge in [0.05, 0.1) is 10.6 Å². The summed E-state index contributed by atoms with van der Waals surface area (Å²) >= 11 is 1.35. The monoisotopic (exact) mass is 184 g/mol. The van der Waals surface area contributed by atoms with E-state index in [-0.39, 0.29) is 0 Å². The van der Waals surface area contributed by atoms with E-state index in [1.165, 1.54) is 11.5 Å². The standard InChI is InChI=1S/C8H12N2OS/c1-2-3-6-7(12-10-9-6)8(11)4-5-8/h11H,2-5H2,1H3. The van der Waals surface area contributed by atoms with Crippen molar-refractivity contribution in [2.75, 3.05) is 0 Å². The Hall–Kier alpha value is -0.480. The van der Waals surface area contributed by atoms with Crippen LogP contribution in [0.1, 0.15) is 36.8 Å². The number of aliphatic hydroxyl groups is 1. The maximum Gasteiger partial charge on any atom is 0.102 e. The highest BCUT2D eigenvalue weighted by Crippen LogP contribution is 2.47. The topological polar surface area (TPSA) is 46.0 Å². The molecule has 1 aromatic rings. The van der Waals surface area contributed by atoms with Gasteiger partial charge in [-0.1, -0.05) is 17.8 Å². The molecule has 0 aliphatic heterocycles. The van der Waals surface area contributed by atoms with E-state index in [0.29, 0.717) is 0 Å². The van der Waals surface area contributed by atoms with Crippen LogP contribution in [-0.2, 0) is 12.0 Å². The summed E-state index contributed by atoms with van der Waals surface area (Å²) in [5.74, 6) is 0. The highest BCUT2D eigenvalue weighted by Gasteiger charge is 2.45. The van der Waals surface area contributed by atoms with Crippen molar-refractivity contribution in [3.63, 3.8) is 0 Å². The minimum atomic E-state index is -0.543. The van der Waals surface area contributed by atoms with Crippen LogP contribution in [0.15, 0.2) is 0 Å². The predicted molar refractivity (Wildman–Crippen MR) is 47.0 cm³/mol. The van der Waals surface area contributed by atoms with E-state index < -0.39 is 5.60 Å². The maximum absolute atomic E-state index is 9.83. The molecule has 1 aromatic heterocycles. The number of rotatable bonds is 3. The van der Waals surface area contributed by atoms with Gasteiger partial charge in [-0.15, -0.1) is 5.10 Å². The third-order valence-electron chi connectivity index (χ3n) is 2.19. The maximum atomic E-state index is 9.83. The van der Waals surface area contributed by atoms with Gasteiger partial charge >= 0.3 is 0 Å². The molecule has 0 radical (unpaired) electrons. The molecule has 1 saturated carbocycles. The molecule has 3 nitrogen and oxygen atoms in total. The number of hydrogen-bond acceptors (Lipinski definition) is 4. The molecule has 1 fully saturated rings. The van der Waals surface area contributed by atoms with Crippen molar-refractivity contribution in [3.05, 3.63) is 10.6 Å². The second-order valence-electron chi connectivity index (χ2n) is 3.33. The smallest absolute Gasteiger partial charge is 0.102 e. The summed E-state index contributed by atoms with van der Waals surface area (Å²) in [5, 5.41) is 13.8. The Labute approximate surface area is 75.6 Å². The lowest BCUT2D eigenvalue weighted by Crippen LogP contribution is -2.05. The normalized spacial score (nSPS) is 19.5. The molecule has 0 amide bonds. The minimum Gasteiger partial charge on any atom is -0.384 e. The number of hydrogen-bond donors (Lipinski definition) is 1. The first kappa shape index (κ1) is 8.13. The molecule has 0 spiro atoms. The summed E-state index contributed by atoms with van der Waals surface area (Å²) in [4.78, 5) is 1.00. The summed E-state index contributed by atoms with van der Waals surface area (Å²) in [7, 11) is 0. The van der Waals surface area contributed by atoms with Crippen molar-refractivity contribution < 1.29 is 5.11 Å². The average molecular weight is 184 g/mol. The van der Waals surface area contributed by atoms with Crippen LogP contribution in [0.2, 0.25) is 0 Å². The van der Waals surface area contributed by atoms with Crippen molar-refractivity contribution in [2.24, 2.45) is 0 Å². The lowest BCUT2D eigenvalue weighted by Gasteiger charge is -2.04. The third kappa shape index (κ3) is 1.25. The van der Waals surface area contributed by atoms with Crippen LogP contribution in [0.3, 0.4) is 0 Å². The second-order valence-corrected chi connectivity index (χ2v) is 4.08. The molecule has 2 rings (SSSR count). The Balaban J connectivity index is 2.24. The molecule has 0 aromatic carbocycles. The average Bonchev–Trinajstić information content (AvgIpc) is 2.64. The molecule has 1 heterocycles. The fourth-order valence-electron chi connectivity index (χ4n) is 1.31. The van der Waals surface area contributed by atoms with Gasteiger partial charge in [-0.2, -0.15) is 0 Å².